The van der Waals surface area contributed by atoms with Crippen LogP contribution in [-0.4, -0.2) is 81.3 Å². The zero-order valence-corrected chi connectivity index (χ0v) is 28.5. The number of hydrogen-bond donors (Lipinski definition) is 4. The Morgan fingerprint density at radius 3 is 1.87 bits per heavy atom. The molecule has 0 bridgehead atoms. The van der Waals surface area contributed by atoms with Crippen LogP contribution in [0.15, 0.2) is 11.6 Å². The number of unbranched alkanes of at least 4 members (excludes halogenated alkanes) is 9. The molecule has 3 aliphatic rings. The lowest BCUT2D eigenvalue weighted by atomic mass is 9.98. The highest BCUT2D eigenvalue weighted by Gasteiger charge is 2.36. The molecule has 9 atom stereocenters. The number of carbonyl (C=O) groups excluding carboxylic acids is 1. The second kappa shape index (κ2) is 21.8. The third kappa shape index (κ3) is 14.7. The second-order valence-corrected chi connectivity index (χ2v) is 14.2. The number of ether oxygens (including phenoxy) is 3. The van der Waals surface area contributed by atoms with Crippen molar-refractivity contribution in [3.8, 4) is 0 Å². The molecule has 0 aromatic rings. The molecule has 4 N–H and O–H groups in total. The molecule has 8 nitrogen and oxygen atoms in total. The Hall–Kier alpha value is -1.03. The highest BCUT2D eigenvalue weighted by atomic mass is 16.5. The van der Waals surface area contributed by atoms with Crippen molar-refractivity contribution in [1.82, 2.24) is 0 Å². The summed E-state index contributed by atoms with van der Waals surface area (Å²) in [4.78, 5) is 11.7. The Labute approximate surface area is 273 Å². The Balaban J connectivity index is 1.16. The predicted octanol–water partition coefficient (Wildman–Crippen LogP) is 6.83. The fraction of sp³-hybridized carbons (Fsp3) is 0.919. The van der Waals surface area contributed by atoms with Crippen molar-refractivity contribution < 1.29 is 39.4 Å². The summed E-state index contributed by atoms with van der Waals surface area (Å²) in [5, 5.41) is 42.3. The first-order valence-corrected chi connectivity index (χ1v) is 18.7. The minimum absolute atomic E-state index is 0.0675. The van der Waals surface area contributed by atoms with Crippen LogP contribution in [0.4, 0.5) is 0 Å². The zero-order chi connectivity index (χ0) is 32.4. The minimum Gasteiger partial charge on any atom is -0.455 e. The molecule has 0 aromatic heterocycles. The van der Waals surface area contributed by atoms with Crippen LogP contribution >= 0.6 is 0 Å². The highest BCUT2D eigenvalue weighted by Crippen LogP contribution is 2.31. The standard InChI is InChI=1S/C37H66O8/c1-3-4-5-12-16-29(38)17-14-19-31(39)35-24-25-36(45-35)33(41)22-21-32(40)34-23-20-30(44-34)18-13-10-8-6-7-9-11-15-28-26-27(2)43-37(28)42/h26-27,29-36,38-41H,3-25H2,1-2H3/t27?,29?,30?,31-,32+,33+,34+,35+,36+/m0/s1. The molecular formula is C37H66O8. The second-order valence-electron chi connectivity index (χ2n) is 14.2. The van der Waals surface area contributed by atoms with Crippen LogP contribution in [0.2, 0.25) is 0 Å². The van der Waals surface area contributed by atoms with E-state index in [1.54, 1.807) is 0 Å². The van der Waals surface area contributed by atoms with Gasteiger partial charge in [-0.15, -0.1) is 0 Å². The average Bonchev–Trinajstić information content (AvgIpc) is 3.77. The first-order chi connectivity index (χ1) is 21.8. The quantitative estimate of drug-likeness (QED) is 0.0634. The van der Waals surface area contributed by atoms with Gasteiger partial charge in [-0.1, -0.05) is 71.1 Å². The molecule has 3 aliphatic heterocycles. The van der Waals surface area contributed by atoms with E-state index in [4.69, 9.17) is 14.2 Å². The lowest BCUT2D eigenvalue weighted by Gasteiger charge is -2.24. The van der Waals surface area contributed by atoms with Gasteiger partial charge in [-0.25, -0.2) is 4.79 Å². The minimum atomic E-state index is -0.654. The summed E-state index contributed by atoms with van der Waals surface area (Å²) >= 11 is 0. The van der Waals surface area contributed by atoms with Gasteiger partial charge in [0.15, 0.2) is 0 Å². The number of rotatable bonds is 25. The molecule has 2 saturated heterocycles. The van der Waals surface area contributed by atoms with Crippen molar-refractivity contribution in [2.45, 2.75) is 216 Å². The number of esters is 1. The molecule has 0 aliphatic carbocycles. The van der Waals surface area contributed by atoms with Gasteiger partial charge in [-0.05, 0) is 96.5 Å². The molecule has 45 heavy (non-hydrogen) atoms. The van der Waals surface area contributed by atoms with Gasteiger partial charge in [0.2, 0.25) is 0 Å². The van der Waals surface area contributed by atoms with Crippen molar-refractivity contribution in [1.29, 1.82) is 0 Å². The SMILES string of the molecule is CCCCCCC(O)CCC[C@H](O)[C@H]1CC[C@H]([C@H](O)CC[C@@H](O)[C@H]2CCC(CCCCCCCCCC3=CC(C)OC3=O)O2)O1. The fourth-order valence-corrected chi connectivity index (χ4v) is 7.28. The highest BCUT2D eigenvalue weighted by molar-refractivity contribution is 5.90. The summed E-state index contributed by atoms with van der Waals surface area (Å²) in [7, 11) is 0. The lowest BCUT2D eigenvalue weighted by Crippen LogP contribution is -2.33. The third-order valence-electron chi connectivity index (χ3n) is 10.2. The first-order valence-electron chi connectivity index (χ1n) is 18.7. The van der Waals surface area contributed by atoms with Crippen molar-refractivity contribution in [3.63, 3.8) is 0 Å². The topological polar surface area (TPSA) is 126 Å². The van der Waals surface area contributed by atoms with Gasteiger partial charge in [0, 0.05) is 5.57 Å². The molecule has 2 fully saturated rings. The molecule has 0 radical (unpaired) electrons. The van der Waals surface area contributed by atoms with Gasteiger partial charge >= 0.3 is 5.97 Å². The van der Waals surface area contributed by atoms with E-state index < -0.39 is 18.3 Å². The van der Waals surface area contributed by atoms with Gasteiger partial charge in [0.05, 0.1) is 48.8 Å². The van der Waals surface area contributed by atoms with E-state index in [0.717, 1.165) is 82.6 Å². The zero-order valence-electron chi connectivity index (χ0n) is 28.5. The summed E-state index contributed by atoms with van der Waals surface area (Å²) in [6.07, 6.45) is 21.2. The van der Waals surface area contributed by atoms with E-state index in [0.29, 0.717) is 25.7 Å². The maximum atomic E-state index is 11.7. The van der Waals surface area contributed by atoms with Gasteiger partial charge in [-0.3, -0.25) is 0 Å². The number of aliphatic hydroxyl groups excluding tert-OH is 4. The third-order valence-corrected chi connectivity index (χ3v) is 10.2. The molecule has 8 heteroatoms. The van der Waals surface area contributed by atoms with E-state index >= 15 is 0 Å². The van der Waals surface area contributed by atoms with Gasteiger partial charge in [0.25, 0.3) is 0 Å². The summed E-state index contributed by atoms with van der Waals surface area (Å²) in [5.41, 5.74) is 0.846. The van der Waals surface area contributed by atoms with Gasteiger partial charge < -0.3 is 34.6 Å². The maximum absolute atomic E-state index is 11.7. The molecule has 262 valence electrons. The largest absolute Gasteiger partial charge is 0.455 e. The van der Waals surface area contributed by atoms with Gasteiger partial charge in [-0.2, -0.15) is 0 Å². The molecule has 0 aromatic carbocycles. The Kier molecular flexibility index (Phi) is 18.6. The monoisotopic (exact) mass is 638 g/mol. The van der Waals surface area contributed by atoms with Crippen LogP contribution in [-0.2, 0) is 19.0 Å². The Morgan fingerprint density at radius 2 is 1.22 bits per heavy atom. The van der Waals surface area contributed by atoms with Gasteiger partial charge in [0.1, 0.15) is 6.10 Å². The van der Waals surface area contributed by atoms with Crippen LogP contribution in [0.1, 0.15) is 162 Å². The molecule has 3 rings (SSSR count). The van der Waals surface area contributed by atoms with Crippen molar-refractivity contribution >= 4 is 5.97 Å². The summed E-state index contributed by atoms with van der Waals surface area (Å²) in [5.74, 6) is -0.138. The number of hydrogen-bond acceptors (Lipinski definition) is 8. The van der Waals surface area contributed by atoms with Crippen LogP contribution in [0, 0.1) is 0 Å². The van der Waals surface area contributed by atoms with E-state index in [-0.39, 0.29) is 42.6 Å². The number of aliphatic hydroxyl groups is 4. The van der Waals surface area contributed by atoms with Crippen molar-refractivity contribution in [2.75, 3.05) is 0 Å². The number of carbonyl (C=O) groups is 1. The first kappa shape index (κ1) is 38.4. The molecule has 3 unspecified atom stereocenters. The van der Waals surface area contributed by atoms with E-state index in [2.05, 4.69) is 6.92 Å². The summed E-state index contributed by atoms with van der Waals surface area (Å²) < 4.78 is 17.4. The molecule has 3 heterocycles. The van der Waals surface area contributed by atoms with Crippen molar-refractivity contribution in [2.24, 2.45) is 0 Å². The van der Waals surface area contributed by atoms with E-state index in [1.165, 1.54) is 44.9 Å². The maximum Gasteiger partial charge on any atom is 0.334 e. The average molecular weight is 639 g/mol. The molecule has 0 amide bonds. The van der Waals surface area contributed by atoms with E-state index in [9.17, 15) is 25.2 Å². The smallest absolute Gasteiger partial charge is 0.334 e. The van der Waals surface area contributed by atoms with Crippen LogP contribution < -0.4 is 0 Å². The van der Waals surface area contributed by atoms with Crippen molar-refractivity contribution in [3.05, 3.63) is 11.6 Å². The number of cyclic esters (lactones) is 1. The predicted molar refractivity (Wildman–Crippen MR) is 177 cm³/mol. The Bertz CT molecular complexity index is 833. The van der Waals surface area contributed by atoms with Crippen LogP contribution in [0.25, 0.3) is 0 Å². The normalized spacial score (nSPS) is 27.8. The van der Waals surface area contributed by atoms with E-state index in [1.807, 2.05) is 13.0 Å². The Morgan fingerprint density at radius 1 is 0.667 bits per heavy atom. The summed E-state index contributed by atoms with van der Waals surface area (Å²) in [6.45, 7) is 4.09. The molecule has 0 spiro atoms. The fourth-order valence-electron chi connectivity index (χ4n) is 7.28. The molecule has 0 saturated carbocycles. The molecular weight excluding hydrogens is 572 g/mol. The lowest BCUT2D eigenvalue weighted by molar-refractivity contribution is -0.139. The summed E-state index contributed by atoms with van der Waals surface area (Å²) in [6, 6.07) is 0. The van der Waals surface area contributed by atoms with Crippen LogP contribution in [0.3, 0.4) is 0 Å². The van der Waals surface area contributed by atoms with Crippen LogP contribution in [0.5, 0.6) is 0 Å².